The van der Waals surface area contributed by atoms with E-state index >= 15 is 0 Å². The van der Waals surface area contributed by atoms with Gasteiger partial charge in [0.25, 0.3) is 0 Å². The van der Waals surface area contributed by atoms with Crippen LogP contribution in [0.15, 0.2) is 96.0 Å². The van der Waals surface area contributed by atoms with Gasteiger partial charge in [-0.05, 0) is 23.3 Å². The number of para-hydroxylation sites is 1. The van der Waals surface area contributed by atoms with Crippen LogP contribution < -0.4 is 0 Å². The van der Waals surface area contributed by atoms with Gasteiger partial charge in [0.15, 0.2) is 0 Å². The monoisotopic (exact) mass is 341 g/mol. The average molecular weight is 341 g/mol. The topological polar surface area (TPSA) is 18.8 Å². The summed E-state index contributed by atoms with van der Waals surface area (Å²) < 4.78 is 0. The van der Waals surface area contributed by atoms with E-state index in [0.29, 0.717) is 0 Å². The predicted octanol–water partition coefficient (Wildman–Crippen LogP) is 5.03. The first-order chi connectivity index (χ1) is 12.8. The van der Waals surface area contributed by atoms with Gasteiger partial charge in [0, 0.05) is 14.1 Å². The van der Waals surface area contributed by atoms with E-state index in [1.165, 1.54) is 11.1 Å². The normalized spacial score (nSPS) is 19.7. The van der Waals surface area contributed by atoms with Crippen molar-refractivity contribution in [3.05, 3.63) is 102 Å². The molecule has 0 saturated carbocycles. The van der Waals surface area contributed by atoms with E-state index in [1.807, 2.05) is 30.3 Å². The molecule has 1 aliphatic heterocycles. The largest absolute Gasteiger partial charge is 0.336 e. The molecule has 4 rings (SSSR count). The van der Waals surface area contributed by atoms with Crippen molar-refractivity contribution < 1.29 is 0 Å². The summed E-state index contributed by atoms with van der Waals surface area (Å²) in [6, 6.07) is 32.0. The third kappa shape index (κ3) is 2.97. The van der Waals surface area contributed by atoms with Gasteiger partial charge in [0.05, 0.1) is 17.8 Å². The van der Waals surface area contributed by atoms with Gasteiger partial charge in [0.2, 0.25) is 5.96 Å². The van der Waals surface area contributed by atoms with Crippen molar-refractivity contribution in [2.45, 2.75) is 12.1 Å². The average Bonchev–Trinajstić information content (AvgIpc) is 2.95. The van der Waals surface area contributed by atoms with Crippen LogP contribution in [0.5, 0.6) is 0 Å². The summed E-state index contributed by atoms with van der Waals surface area (Å²) in [5.41, 5.74) is 3.57. The number of rotatable bonds is 3. The number of likely N-dealkylation sites (N-methyl/N-ethyl adjacent to an activating group) is 2. The number of nitrogens with zero attached hydrogens (tertiary/aromatic N) is 3. The first kappa shape index (κ1) is 16.4. The molecule has 0 amide bonds. The van der Waals surface area contributed by atoms with Crippen LogP contribution in [0.4, 0.5) is 5.69 Å². The van der Waals surface area contributed by atoms with Gasteiger partial charge in [-0.3, -0.25) is 0 Å². The minimum atomic E-state index is 0.214. The van der Waals surface area contributed by atoms with Crippen LogP contribution >= 0.6 is 0 Å². The Bertz CT molecular complexity index is 822. The zero-order chi connectivity index (χ0) is 17.9. The lowest BCUT2D eigenvalue weighted by Gasteiger charge is -2.26. The van der Waals surface area contributed by atoms with Gasteiger partial charge in [-0.25, -0.2) is 4.99 Å². The van der Waals surface area contributed by atoms with E-state index in [9.17, 15) is 0 Å². The Hall–Kier alpha value is -3.07. The second-order valence-electron chi connectivity index (χ2n) is 6.68. The van der Waals surface area contributed by atoms with Crippen LogP contribution in [0, 0.1) is 0 Å². The van der Waals surface area contributed by atoms with E-state index in [-0.39, 0.29) is 12.1 Å². The second-order valence-corrected chi connectivity index (χ2v) is 6.68. The number of hydrogen-bond donors (Lipinski definition) is 0. The zero-order valence-electron chi connectivity index (χ0n) is 15.2. The molecule has 0 spiro atoms. The van der Waals surface area contributed by atoms with Gasteiger partial charge in [-0.15, -0.1) is 0 Å². The number of benzene rings is 3. The Morgan fingerprint density at radius 3 is 1.38 bits per heavy atom. The van der Waals surface area contributed by atoms with E-state index in [1.54, 1.807) is 0 Å². The summed E-state index contributed by atoms with van der Waals surface area (Å²) in [7, 11) is 4.28. The van der Waals surface area contributed by atoms with Crippen LogP contribution in [-0.2, 0) is 0 Å². The van der Waals surface area contributed by atoms with Crippen molar-refractivity contribution in [1.29, 1.82) is 0 Å². The summed E-state index contributed by atoms with van der Waals surface area (Å²) >= 11 is 0. The highest BCUT2D eigenvalue weighted by molar-refractivity contribution is 5.85. The maximum atomic E-state index is 4.94. The molecule has 3 aromatic carbocycles. The Balaban J connectivity index is 1.81. The van der Waals surface area contributed by atoms with E-state index in [2.05, 4.69) is 84.6 Å². The van der Waals surface area contributed by atoms with Crippen molar-refractivity contribution in [3.63, 3.8) is 0 Å². The van der Waals surface area contributed by atoms with Gasteiger partial charge in [-0.1, -0.05) is 78.9 Å². The first-order valence-electron chi connectivity index (χ1n) is 8.95. The highest BCUT2D eigenvalue weighted by atomic mass is 15.5. The van der Waals surface area contributed by atoms with Crippen molar-refractivity contribution >= 4 is 11.6 Å². The molecule has 1 saturated heterocycles. The minimum Gasteiger partial charge on any atom is -0.336 e. The van der Waals surface area contributed by atoms with Crippen LogP contribution in [0.3, 0.4) is 0 Å². The second kappa shape index (κ2) is 7.04. The lowest BCUT2D eigenvalue weighted by molar-refractivity contribution is 0.316. The fourth-order valence-electron chi connectivity index (χ4n) is 3.81. The predicted molar refractivity (Wildman–Crippen MR) is 107 cm³/mol. The molecule has 3 aromatic rings. The Morgan fingerprint density at radius 1 is 0.577 bits per heavy atom. The van der Waals surface area contributed by atoms with Crippen LogP contribution in [0.2, 0.25) is 0 Å². The molecule has 0 unspecified atom stereocenters. The molecule has 1 heterocycles. The number of hydrogen-bond acceptors (Lipinski definition) is 1. The van der Waals surface area contributed by atoms with Crippen molar-refractivity contribution in [2.24, 2.45) is 4.99 Å². The Kier molecular flexibility index (Phi) is 4.44. The van der Waals surface area contributed by atoms with Crippen LogP contribution in [-0.4, -0.2) is 29.9 Å². The summed E-state index contributed by atoms with van der Waals surface area (Å²) in [4.78, 5) is 9.52. The van der Waals surface area contributed by atoms with Crippen LogP contribution in [0.1, 0.15) is 23.2 Å². The maximum absolute atomic E-state index is 4.94. The molecule has 3 heteroatoms. The zero-order valence-corrected chi connectivity index (χ0v) is 15.2. The minimum absolute atomic E-state index is 0.214. The van der Waals surface area contributed by atoms with E-state index < -0.39 is 0 Å². The highest BCUT2D eigenvalue weighted by Crippen LogP contribution is 2.43. The first-order valence-corrected chi connectivity index (χ1v) is 8.95. The molecule has 1 aliphatic rings. The number of aliphatic imine (C=N–C) groups is 1. The molecule has 1 fully saturated rings. The summed E-state index contributed by atoms with van der Waals surface area (Å²) in [6.45, 7) is 0. The maximum Gasteiger partial charge on any atom is 0.202 e. The molecule has 130 valence electrons. The fourth-order valence-corrected chi connectivity index (χ4v) is 3.81. The molecular formula is C23H23N3. The van der Waals surface area contributed by atoms with Gasteiger partial charge < -0.3 is 9.80 Å². The van der Waals surface area contributed by atoms with Gasteiger partial charge >= 0.3 is 0 Å². The quantitative estimate of drug-likeness (QED) is 0.665. The molecule has 3 nitrogen and oxygen atoms in total. The van der Waals surface area contributed by atoms with Crippen molar-refractivity contribution in [1.82, 2.24) is 9.80 Å². The molecule has 26 heavy (non-hydrogen) atoms. The molecule has 0 radical (unpaired) electrons. The Morgan fingerprint density at radius 2 is 0.962 bits per heavy atom. The van der Waals surface area contributed by atoms with E-state index in [4.69, 9.17) is 4.99 Å². The highest BCUT2D eigenvalue weighted by Gasteiger charge is 2.42. The summed E-state index contributed by atoms with van der Waals surface area (Å²) in [5.74, 6) is 0.985. The molecule has 0 aliphatic carbocycles. The molecule has 2 atom stereocenters. The van der Waals surface area contributed by atoms with Crippen molar-refractivity contribution in [2.75, 3.05) is 14.1 Å². The Labute approximate surface area is 155 Å². The third-order valence-electron chi connectivity index (χ3n) is 5.03. The standard InChI is InChI=1S/C23H23N3/c1-25-21(18-12-6-3-7-13-18)22(19-14-8-4-9-15-19)26(2)23(25)24-20-16-10-5-11-17-20/h3-17,21-22H,1-2H3/t21-,22-/m0/s1. The van der Waals surface area contributed by atoms with Crippen molar-refractivity contribution in [3.8, 4) is 0 Å². The molecular weight excluding hydrogens is 318 g/mol. The SMILES string of the molecule is CN1C(=Nc2ccccc2)N(C)[C@@H](c2ccccc2)[C@@H]1c1ccccc1. The third-order valence-corrected chi connectivity index (χ3v) is 5.03. The van der Waals surface area contributed by atoms with E-state index in [0.717, 1.165) is 11.6 Å². The lowest BCUT2D eigenvalue weighted by Crippen LogP contribution is -2.29. The van der Waals surface area contributed by atoms with Gasteiger partial charge in [0.1, 0.15) is 0 Å². The lowest BCUT2D eigenvalue weighted by atomic mass is 9.93. The van der Waals surface area contributed by atoms with Gasteiger partial charge in [-0.2, -0.15) is 0 Å². The van der Waals surface area contributed by atoms with Crippen LogP contribution in [0.25, 0.3) is 0 Å². The summed E-state index contributed by atoms with van der Waals surface area (Å²) in [5, 5.41) is 0. The summed E-state index contributed by atoms with van der Waals surface area (Å²) in [6.07, 6.45) is 0. The molecule has 0 bridgehead atoms. The smallest absolute Gasteiger partial charge is 0.202 e. The molecule has 0 N–H and O–H groups in total. The fraction of sp³-hybridized carbons (Fsp3) is 0.174. The molecule has 0 aromatic heterocycles. The number of guanidine groups is 1.